The van der Waals surface area contributed by atoms with Gasteiger partial charge in [0.15, 0.2) is 5.78 Å². The SMILES string of the molecule is CCCCCCOC(=O)C(C(=O)c1ccccc1)c1ccccc1. The number of carbonyl (C=O) groups is 2. The summed E-state index contributed by atoms with van der Waals surface area (Å²) in [6.45, 7) is 2.50. The van der Waals surface area contributed by atoms with Gasteiger partial charge in [0.05, 0.1) is 6.61 Å². The molecule has 0 fully saturated rings. The van der Waals surface area contributed by atoms with Crippen molar-refractivity contribution in [3.63, 3.8) is 0 Å². The van der Waals surface area contributed by atoms with E-state index in [4.69, 9.17) is 4.74 Å². The molecule has 126 valence electrons. The predicted molar refractivity (Wildman–Crippen MR) is 95.1 cm³/mol. The second kappa shape index (κ2) is 9.66. The zero-order chi connectivity index (χ0) is 17.2. The van der Waals surface area contributed by atoms with Gasteiger partial charge in [-0.15, -0.1) is 0 Å². The maximum absolute atomic E-state index is 12.8. The lowest BCUT2D eigenvalue weighted by Gasteiger charge is -2.15. The Morgan fingerprint density at radius 1 is 0.875 bits per heavy atom. The number of Topliss-reactive ketones (excluding diaryl/α,β-unsaturated/α-hetero) is 1. The van der Waals surface area contributed by atoms with Gasteiger partial charge in [-0.1, -0.05) is 86.8 Å². The molecule has 24 heavy (non-hydrogen) atoms. The van der Waals surface area contributed by atoms with Gasteiger partial charge >= 0.3 is 5.97 Å². The summed E-state index contributed by atoms with van der Waals surface area (Å²) in [7, 11) is 0. The molecular weight excluding hydrogens is 300 g/mol. The molecule has 0 spiro atoms. The molecule has 2 aromatic rings. The molecule has 0 saturated carbocycles. The summed E-state index contributed by atoms with van der Waals surface area (Å²) in [5.41, 5.74) is 1.19. The topological polar surface area (TPSA) is 43.4 Å². The van der Waals surface area contributed by atoms with Crippen molar-refractivity contribution in [3.8, 4) is 0 Å². The van der Waals surface area contributed by atoms with Gasteiger partial charge in [-0.25, -0.2) is 0 Å². The highest BCUT2D eigenvalue weighted by Crippen LogP contribution is 2.23. The van der Waals surface area contributed by atoms with Crippen LogP contribution in [0.1, 0.15) is 54.4 Å². The van der Waals surface area contributed by atoms with Crippen LogP contribution in [0.3, 0.4) is 0 Å². The lowest BCUT2D eigenvalue weighted by atomic mass is 9.90. The minimum atomic E-state index is -0.903. The van der Waals surface area contributed by atoms with E-state index in [9.17, 15) is 9.59 Å². The van der Waals surface area contributed by atoms with Crippen molar-refractivity contribution in [1.82, 2.24) is 0 Å². The molecule has 0 radical (unpaired) electrons. The number of esters is 1. The van der Waals surface area contributed by atoms with Crippen molar-refractivity contribution in [2.75, 3.05) is 6.61 Å². The molecule has 3 nitrogen and oxygen atoms in total. The maximum Gasteiger partial charge on any atom is 0.321 e. The van der Waals surface area contributed by atoms with Crippen LogP contribution in [0.2, 0.25) is 0 Å². The number of unbranched alkanes of at least 4 members (excludes halogenated alkanes) is 3. The highest BCUT2D eigenvalue weighted by atomic mass is 16.5. The molecular formula is C21H24O3. The minimum Gasteiger partial charge on any atom is -0.465 e. The Morgan fingerprint density at radius 2 is 1.50 bits per heavy atom. The molecule has 0 aliphatic carbocycles. The highest BCUT2D eigenvalue weighted by molar-refractivity contribution is 6.12. The van der Waals surface area contributed by atoms with Gasteiger partial charge in [-0.3, -0.25) is 9.59 Å². The van der Waals surface area contributed by atoms with Crippen LogP contribution in [0.15, 0.2) is 60.7 Å². The van der Waals surface area contributed by atoms with Crippen LogP contribution in [-0.4, -0.2) is 18.4 Å². The third-order valence-corrected chi connectivity index (χ3v) is 3.93. The Kier molecular flexibility index (Phi) is 7.21. The summed E-state index contributed by atoms with van der Waals surface area (Å²) in [5, 5.41) is 0. The van der Waals surface area contributed by atoms with Crippen molar-refractivity contribution in [3.05, 3.63) is 71.8 Å². The van der Waals surface area contributed by atoms with Crippen LogP contribution >= 0.6 is 0 Å². The average Bonchev–Trinajstić information content (AvgIpc) is 2.63. The summed E-state index contributed by atoms with van der Waals surface area (Å²) in [6, 6.07) is 18.0. The summed E-state index contributed by atoms with van der Waals surface area (Å²) < 4.78 is 5.39. The first-order valence-corrected chi connectivity index (χ1v) is 8.55. The van der Waals surface area contributed by atoms with E-state index in [0.717, 1.165) is 25.7 Å². The molecule has 0 aromatic heterocycles. The summed E-state index contributed by atoms with van der Waals surface area (Å²) >= 11 is 0. The summed E-state index contributed by atoms with van der Waals surface area (Å²) in [6.07, 6.45) is 4.13. The quantitative estimate of drug-likeness (QED) is 0.289. The smallest absolute Gasteiger partial charge is 0.321 e. The molecule has 2 rings (SSSR count). The fraction of sp³-hybridized carbons (Fsp3) is 0.333. The van der Waals surface area contributed by atoms with Gasteiger partial charge in [-0.05, 0) is 12.0 Å². The van der Waals surface area contributed by atoms with Crippen molar-refractivity contribution in [2.24, 2.45) is 0 Å². The first-order chi connectivity index (χ1) is 11.7. The molecule has 0 N–H and O–H groups in total. The van der Waals surface area contributed by atoms with Crippen molar-refractivity contribution in [1.29, 1.82) is 0 Å². The number of benzene rings is 2. The largest absolute Gasteiger partial charge is 0.465 e. The van der Waals surface area contributed by atoms with E-state index in [1.807, 2.05) is 24.3 Å². The van der Waals surface area contributed by atoms with Gasteiger partial charge in [0.1, 0.15) is 5.92 Å². The highest BCUT2D eigenvalue weighted by Gasteiger charge is 2.30. The van der Waals surface area contributed by atoms with Crippen LogP contribution in [0.5, 0.6) is 0 Å². The normalized spacial score (nSPS) is 11.7. The lowest BCUT2D eigenvalue weighted by molar-refractivity contribution is -0.144. The number of hydrogen-bond acceptors (Lipinski definition) is 3. The van der Waals surface area contributed by atoms with E-state index < -0.39 is 11.9 Å². The number of ketones is 1. The molecule has 2 aromatic carbocycles. The Balaban J connectivity index is 2.12. The third kappa shape index (κ3) is 5.05. The number of rotatable bonds is 9. The Morgan fingerprint density at radius 3 is 2.12 bits per heavy atom. The molecule has 1 atom stereocenters. The molecule has 0 heterocycles. The molecule has 0 aliphatic heterocycles. The fourth-order valence-corrected chi connectivity index (χ4v) is 2.59. The van der Waals surface area contributed by atoms with Crippen LogP contribution in [0.4, 0.5) is 0 Å². The second-order valence-electron chi connectivity index (χ2n) is 5.80. The number of hydrogen-bond donors (Lipinski definition) is 0. The Bertz CT molecular complexity index is 635. The lowest BCUT2D eigenvalue weighted by Crippen LogP contribution is -2.24. The van der Waals surface area contributed by atoms with E-state index in [2.05, 4.69) is 6.92 Å². The Labute approximate surface area is 143 Å². The summed E-state index contributed by atoms with van der Waals surface area (Å²) in [4.78, 5) is 25.4. The van der Waals surface area contributed by atoms with Crippen LogP contribution < -0.4 is 0 Å². The van der Waals surface area contributed by atoms with E-state index in [1.165, 1.54) is 0 Å². The minimum absolute atomic E-state index is 0.222. The molecule has 0 aliphatic rings. The predicted octanol–water partition coefficient (Wildman–Crippen LogP) is 4.78. The van der Waals surface area contributed by atoms with Crippen LogP contribution in [-0.2, 0) is 9.53 Å². The number of carbonyl (C=O) groups excluding carboxylic acids is 2. The van der Waals surface area contributed by atoms with Gasteiger partial charge < -0.3 is 4.74 Å². The Hall–Kier alpha value is -2.42. The van der Waals surface area contributed by atoms with Gasteiger partial charge in [-0.2, -0.15) is 0 Å². The first-order valence-electron chi connectivity index (χ1n) is 8.55. The van der Waals surface area contributed by atoms with Gasteiger partial charge in [0.25, 0.3) is 0 Å². The third-order valence-electron chi connectivity index (χ3n) is 3.93. The van der Waals surface area contributed by atoms with Gasteiger partial charge in [0, 0.05) is 5.56 Å². The summed E-state index contributed by atoms with van der Waals surface area (Å²) in [5.74, 6) is -1.59. The number of ether oxygens (including phenoxy) is 1. The standard InChI is InChI=1S/C21H24O3/c1-2-3-4-11-16-24-21(23)19(17-12-7-5-8-13-17)20(22)18-14-9-6-10-15-18/h5-10,12-15,19H,2-4,11,16H2,1H3. The molecule has 0 bridgehead atoms. The first kappa shape index (κ1) is 17.9. The maximum atomic E-state index is 12.8. The molecule has 3 heteroatoms. The average molecular weight is 324 g/mol. The van der Waals surface area contributed by atoms with Crippen molar-refractivity contribution < 1.29 is 14.3 Å². The monoisotopic (exact) mass is 324 g/mol. The van der Waals surface area contributed by atoms with E-state index >= 15 is 0 Å². The zero-order valence-corrected chi connectivity index (χ0v) is 14.1. The van der Waals surface area contributed by atoms with Crippen LogP contribution in [0.25, 0.3) is 0 Å². The molecule has 0 amide bonds. The second-order valence-corrected chi connectivity index (χ2v) is 5.80. The van der Waals surface area contributed by atoms with Gasteiger partial charge in [0.2, 0.25) is 0 Å². The molecule has 0 saturated heterocycles. The zero-order valence-electron chi connectivity index (χ0n) is 14.1. The van der Waals surface area contributed by atoms with E-state index in [-0.39, 0.29) is 5.78 Å². The van der Waals surface area contributed by atoms with Crippen molar-refractivity contribution >= 4 is 11.8 Å². The fourth-order valence-electron chi connectivity index (χ4n) is 2.59. The molecule has 1 unspecified atom stereocenters. The van der Waals surface area contributed by atoms with Crippen molar-refractivity contribution in [2.45, 2.75) is 38.5 Å². The van der Waals surface area contributed by atoms with Crippen LogP contribution in [0, 0.1) is 0 Å². The van der Waals surface area contributed by atoms with E-state index in [1.54, 1.807) is 36.4 Å². The van der Waals surface area contributed by atoms with E-state index in [0.29, 0.717) is 17.7 Å².